The fraction of sp³-hybridized carbons (Fsp3) is 0.0714. The van der Waals surface area contributed by atoms with Crippen LogP contribution in [0.1, 0.15) is 5.56 Å². The Kier molecular flexibility index (Phi) is 3.71. The van der Waals surface area contributed by atoms with Gasteiger partial charge in [-0.1, -0.05) is 17.7 Å². The molecule has 3 nitrogen and oxygen atoms in total. The number of amidine groups is 1. The summed E-state index contributed by atoms with van der Waals surface area (Å²) in [6.07, 6.45) is 0. The lowest BCUT2D eigenvalue weighted by Gasteiger charge is -2.22. The van der Waals surface area contributed by atoms with Crippen LogP contribution in [0.25, 0.3) is 0 Å². The van der Waals surface area contributed by atoms with Gasteiger partial charge in [0.2, 0.25) is 0 Å². The molecule has 2 aromatic rings. The Labute approximate surface area is 115 Å². The third-order valence-electron chi connectivity index (χ3n) is 2.84. The average molecular weight is 278 g/mol. The number of rotatable bonds is 3. The molecule has 0 saturated carbocycles. The van der Waals surface area contributed by atoms with Gasteiger partial charge in [-0.15, -0.1) is 0 Å². The number of hydrogen-bond donors (Lipinski definition) is 2. The second-order valence-corrected chi connectivity index (χ2v) is 4.49. The lowest BCUT2D eigenvalue weighted by atomic mass is 10.1. The quantitative estimate of drug-likeness (QED) is 0.666. The molecule has 98 valence electrons. The molecular weight excluding hydrogens is 265 g/mol. The summed E-state index contributed by atoms with van der Waals surface area (Å²) in [7, 11) is 1.81. The molecule has 19 heavy (non-hydrogen) atoms. The molecular formula is C14H13ClFN3. The zero-order chi connectivity index (χ0) is 14.0. The van der Waals surface area contributed by atoms with Gasteiger partial charge in [0, 0.05) is 12.7 Å². The second kappa shape index (κ2) is 5.28. The summed E-state index contributed by atoms with van der Waals surface area (Å²) in [6.45, 7) is 0. The van der Waals surface area contributed by atoms with Gasteiger partial charge in [-0.3, -0.25) is 5.41 Å². The summed E-state index contributed by atoms with van der Waals surface area (Å²) in [5.74, 6) is -0.399. The van der Waals surface area contributed by atoms with Crippen LogP contribution in [0.4, 0.5) is 15.8 Å². The van der Waals surface area contributed by atoms with Gasteiger partial charge in [-0.2, -0.15) is 0 Å². The standard InChI is InChI=1S/C14H13ClFN3/c1-19(10-7-5-9(16)6-8-10)12-4-2-3-11(15)13(12)14(17)18/h2-8H,1H3,(H3,17,18). The van der Waals surface area contributed by atoms with Crippen molar-refractivity contribution in [3.05, 3.63) is 58.9 Å². The van der Waals surface area contributed by atoms with Crippen molar-refractivity contribution in [3.63, 3.8) is 0 Å². The largest absolute Gasteiger partial charge is 0.384 e. The number of anilines is 2. The maximum absolute atomic E-state index is 12.9. The van der Waals surface area contributed by atoms with Gasteiger partial charge in [-0.05, 0) is 36.4 Å². The van der Waals surface area contributed by atoms with E-state index in [4.69, 9.17) is 22.7 Å². The van der Waals surface area contributed by atoms with Gasteiger partial charge < -0.3 is 10.6 Å². The van der Waals surface area contributed by atoms with Crippen molar-refractivity contribution < 1.29 is 4.39 Å². The van der Waals surface area contributed by atoms with E-state index >= 15 is 0 Å². The zero-order valence-corrected chi connectivity index (χ0v) is 11.1. The van der Waals surface area contributed by atoms with Crippen LogP contribution in [0.5, 0.6) is 0 Å². The molecule has 0 aliphatic heterocycles. The van der Waals surface area contributed by atoms with E-state index in [9.17, 15) is 4.39 Å². The van der Waals surface area contributed by atoms with Gasteiger partial charge in [0.1, 0.15) is 11.7 Å². The summed E-state index contributed by atoms with van der Waals surface area (Å²) in [5, 5.41) is 8.03. The van der Waals surface area contributed by atoms with E-state index < -0.39 is 0 Å². The number of nitrogens with zero attached hydrogens (tertiary/aromatic N) is 1. The number of halogens is 2. The second-order valence-electron chi connectivity index (χ2n) is 4.08. The Morgan fingerprint density at radius 2 is 1.84 bits per heavy atom. The first kappa shape index (κ1) is 13.4. The summed E-state index contributed by atoms with van der Waals surface area (Å²) in [5.41, 5.74) is 7.52. The van der Waals surface area contributed by atoms with E-state index in [0.717, 1.165) is 5.69 Å². The van der Waals surface area contributed by atoms with Crippen molar-refractivity contribution in [2.24, 2.45) is 5.73 Å². The maximum atomic E-state index is 12.9. The topological polar surface area (TPSA) is 53.1 Å². The van der Waals surface area contributed by atoms with Crippen LogP contribution in [-0.4, -0.2) is 12.9 Å². The Morgan fingerprint density at radius 1 is 1.21 bits per heavy atom. The zero-order valence-electron chi connectivity index (χ0n) is 10.3. The van der Waals surface area contributed by atoms with Crippen LogP contribution in [-0.2, 0) is 0 Å². The number of hydrogen-bond acceptors (Lipinski definition) is 2. The van der Waals surface area contributed by atoms with Crippen LogP contribution in [0.3, 0.4) is 0 Å². The molecule has 2 aromatic carbocycles. The number of nitrogens with one attached hydrogen (secondary N) is 1. The Bertz CT molecular complexity index is 611. The monoisotopic (exact) mass is 277 g/mol. The van der Waals surface area contributed by atoms with E-state index in [1.807, 2.05) is 18.0 Å². The Hall–Kier alpha value is -2.07. The van der Waals surface area contributed by atoms with Crippen molar-refractivity contribution in [2.75, 3.05) is 11.9 Å². The first-order valence-corrected chi connectivity index (χ1v) is 6.00. The predicted molar refractivity (Wildman–Crippen MR) is 76.9 cm³/mol. The van der Waals surface area contributed by atoms with Crippen molar-refractivity contribution in [1.29, 1.82) is 5.41 Å². The molecule has 0 bridgehead atoms. The van der Waals surface area contributed by atoms with Crippen LogP contribution in [0, 0.1) is 11.2 Å². The lowest BCUT2D eigenvalue weighted by molar-refractivity contribution is 0.628. The predicted octanol–water partition coefficient (Wildman–Crippen LogP) is 3.53. The number of nitrogen functional groups attached to an aromatic ring is 1. The number of nitrogens with two attached hydrogens (primary N) is 1. The minimum atomic E-state index is -0.296. The molecule has 0 fully saturated rings. The van der Waals surface area contributed by atoms with E-state index in [2.05, 4.69) is 0 Å². The van der Waals surface area contributed by atoms with Crippen LogP contribution >= 0.6 is 11.6 Å². The highest BCUT2D eigenvalue weighted by atomic mass is 35.5. The van der Waals surface area contributed by atoms with Gasteiger partial charge in [0.25, 0.3) is 0 Å². The first-order chi connectivity index (χ1) is 9.00. The summed E-state index contributed by atoms with van der Waals surface area (Å²) in [4.78, 5) is 1.81. The van der Waals surface area contributed by atoms with Crippen LogP contribution in [0.2, 0.25) is 5.02 Å². The molecule has 0 aromatic heterocycles. The van der Waals surface area contributed by atoms with E-state index in [1.165, 1.54) is 12.1 Å². The molecule has 0 unspecified atom stereocenters. The fourth-order valence-corrected chi connectivity index (χ4v) is 2.13. The highest BCUT2D eigenvalue weighted by Gasteiger charge is 2.14. The molecule has 0 heterocycles. The third kappa shape index (κ3) is 2.69. The molecule has 5 heteroatoms. The average Bonchev–Trinajstić information content (AvgIpc) is 2.38. The Balaban J connectivity index is 2.49. The molecule has 0 radical (unpaired) electrons. The lowest BCUT2D eigenvalue weighted by Crippen LogP contribution is -2.19. The van der Waals surface area contributed by atoms with Crippen LogP contribution in [0.15, 0.2) is 42.5 Å². The van der Waals surface area contributed by atoms with Crippen LogP contribution < -0.4 is 10.6 Å². The molecule has 0 amide bonds. The molecule has 0 spiro atoms. The van der Waals surface area contributed by atoms with E-state index in [1.54, 1.807) is 24.3 Å². The first-order valence-electron chi connectivity index (χ1n) is 5.63. The smallest absolute Gasteiger partial charge is 0.126 e. The van der Waals surface area contributed by atoms with Crippen molar-refractivity contribution in [3.8, 4) is 0 Å². The van der Waals surface area contributed by atoms with Gasteiger partial charge in [-0.25, -0.2) is 4.39 Å². The van der Waals surface area contributed by atoms with Crippen molar-refractivity contribution in [1.82, 2.24) is 0 Å². The minimum absolute atomic E-state index is 0.102. The fourth-order valence-electron chi connectivity index (χ4n) is 1.86. The molecule has 3 N–H and O–H groups in total. The molecule has 0 saturated heterocycles. The maximum Gasteiger partial charge on any atom is 0.126 e. The summed E-state index contributed by atoms with van der Waals surface area (Å²) >= 11 is 6.07. The third-order valence-corrected chi connectivity index (χ3v) is 3.15. The van der Waals surface area contributed by atoms with Gasteiger partial charge in [0.15, 0.2) is 0 Å². The highest BCUT2D eigenvalue weighted by Crippen LogP contribution is 2.31. The van der Waals surface area contributed by atoms with Gasteiger partial charge >= 0.3 is 0 Å². The summed E-state index contributed by atoms with van der Waals surface area (Å²) < 4.78 is 12.9. The van der Waals surface area contributed by atoms with Crippen molar-refractivity contribution in [2.45, 2.75) is 0 Å². The highest BCUT2D eigenvalue weighted by molar-refractivity contribution is 6.34. The minimum Gasteiger partial charge on any atom is -0.384 e. The Morgan fingerprint density at radius 3 is 2.42 bits per heavy atom. The normalized spacial score (nSPS) is 10.3. The van der Waals surface area contributed by atoms with E-state index in [-0.39, 0.29) is 11.7 Å². The SMILES string of the molecule is CN(c1ccc(F)cc1)c1cccc(Cl)c1C(=N)N. The molecule has 0 aliphatic carbocycles. The van der Waals surface area contributed by atoms with E-state index in [0.29, 0.717) is 16.3 Å². The van der Waals surface area contributed by atoms with Crippen molar-refractivity contribution >= 4 is 28.8 Å². The molecule has 0 aliphatic rings. The molecule has 0 atom stereocenters. The van der Waals surface area contributed by atoms with Gasteiger partial charge in [0.05, 0.1) is 16.3 Å². The number of benzene rings is 2. The molecule has 2 rings (SSSR count). The summed E-state index contributed by atoms with van der Waals surface area (Å²) in [6, 6.07) is 11.3.